The van der Waals surface area contributed by atoms with Gasteiger partial charge in [0.1, 0.15) is 5.75 Å². The van der Waals surface area contributed by atoms with Crippen molar-refractivity contribution in [1.82, 2.24) is 4.31 Å². The van der Waals surface area contributed by atoms with Gasteiger partial charge in [-0.05, 0) is 44.9 Å². The molecule has 1 aliphatic heterocycles. The van der Waals surface area contributed by atoms with Crippen molar-refractivity contribution in [2.45, 2.75) is 44.2 Å². The first-order valence-corrected chi connectivity index (χ1v) is 8.42. The van der Waals surface area contributed by atoms with E-state index in [1.807, 2.05) is 13.8 Å². The lowest BCUT2D eigenvalue weighted by Crippen LogP contribution is -2.33. The van der Waals surface area contributed by atoms with Crippen LogP contribution in [0.2, 0.25) is 0 Å². The average Bonchev–Trinajstić information content (AvgIpc) is 2.86. The Morgan fingerprint density at radius 3 is 2.75 bits per heavy atom. The van der Waals surface area contributed by atoms with E-state index in [0.717, 1.165) is 18.4 Å². The quantitative estimate of drug-likeness (QED) is 0.898. The zero-order valence-corrected chi connectivity index (χ0v) is 12.8. The SMILES string of the molecule is CCOc1ccc(S(=O)(=O)N2CCCC2C)cc1CN. The Bertz CT molecular complexity index is 572. The standard InChI is InChI=1S/C14H22N2O3S/c1-3-19-14-7-6-13(9-12(14)10-15)20(17,18)16-8-4-5-11(16)2/h6-7,9,11H,3-5,8,10,15H2,1-2H3. The van der Waals surface area contributed by atoms with Gasteiger partial charge in [0.25, 0.3) is 0 Å². The maximum atomic E-state index is 12.6. The van der Waals surface area contributed by atoms with Crippen molar-refractivity contribution < 1.29 is 13.2 Å². The zero-order valence-electron chi connectivity index (χ0n) is 12.0. The molecule has 0 spiro atoms. The maximum Gasteiger partial charge on any atom is 0.243 e. The molecule has 0 amide bonds. The summed E-state index contributed by atoms with van der Waals surface area (Å²) in [7, 11) is -3.43. The van der Waals surface area contributed by atoms with E-state index in [0.29, 0.717) is 23.8 Å². The lowest BCUT2D eigenvalue weighted by molar-refractivity contribution is 0.336. The van der Waals surface area contributed by atoms with Gasteiger partial charge in [-0.3, -0.25) is 0 Å². The van der Waals surface area contributed by atoms with Crippen LogP contribution in [0.25, 0.3) is 0 Å². The Kier molecular flexibility index (Phi) is 4.67. The molecule has 1 saturated heterocycles. The monoisotopic (exact) mass is 298 g/mol. The lowest BCUT2D eigenvalue weighted by atomic mass is 10.2. The summed E-state index contributed by atoms with van der Waals surface area (Å²) >= 11 is 0. The zero-order chi connectivity index (χ0) is 14.8. The van der Waals surface area contributed by atoms with Gasteiger partial charge in [0.2, 0.25) is 10.0 Å². The molecule has 0 aromatic heterocycles. The number of rotatable bonds is 5. The van der Waals surface area contributed by atoms with E-state index in [2.05, 4.69) is 0 Å². The average molecular weight is 298 g/mol. The molecular weight excluding hydrogens is 276 g/mol. The van der Waals surface area contributed by atoms with Gasteiger partial charge < -0.3 is 10.5 Å². The minimum atomic E-state index is -3.43. The Labute approximate surface area is 120 Å². The Balaban J connectivity index is 2.37. The van der Waals surface area contributed by atoms with Crippen LogP contribution in [0.3, 0.4) is 0 Å². The molecule has 1 atom stereocenters. The Morgan fingerprint density at radius 2 is 2.20 bits per heavy atom. The van der Waals surface area contributed by atoms with Gasteiger partial charge in [-0.1, -0.05) is 0 Å². The fourth-order valence-corrected chi connectivity index (χ4v) is 4.32. The number of hydrogen-bond donors (Lipinski definition) is 1. The highest BCUT2D eigenvalue weighted by atomic mass is 32.2. The van der Waals surface area contributed by atoms with Gasteiger partial charge >= 0.3 is 0 Å². The number of sulfonamides is 1. The molecule has 1 aromatic rings. The van der Waals surface area contributed by atoms with E-state index in [-0.39, 0.29) is 12.6 Å². The second-order valence-electron chi connectivity index (χ2n) is 5.01. The summed E-state index contributed by atoms with van der Waals surface area (Å²) in [6.07, 6.45) is 1.83. The summed E-state index contributed by atoms with van der Waals surface area (Å²) in [5, 5.41) is 0. The van der Waals surface area contributed by atoms with E-state index in [1.54, 1.807) is 22.5 Å². The molecule has 0 radical (unpaired) electrons. The van der Waals surface area contributed by atoms with Gasteiger partial charge in [-0.25, -0.2) is 8.42 Å². The summed E-state index contributed by atoms with van der Waals surface area (Å²) < 4.78 is 32.3. The molecule has 20 heavy (non-hydrogen) atoms. The van der Waals surface area contributed by atoms with E-state index < -0.39 is 10.0 Å². The third-order valence-electron chi connectivity index (χ3n) is 3.65. The molecule has 1 heterocycles. The molecular formula is C14H22N2O3S. The van der Waals surface area contributed by atoms with Crippen LogP contribution < -0.4 is 10.5 Å². The minimum Gasteiger partial charge on any atom is -0.494 e. The summed E-state index contributed by atoms with van der Waals surface area (Å²) in [5.41, 5.74) is 6.41. The molecule has 112 valence electrons. The Hall–Kier alpha value is -1.11. The van der Waals surface area contributed by atoms with Crippen molar-refractivity contribution in [3.8, 4) is 5.75 Å². The molecule has 5 nitrogen and oxygen atoms in total. The lowest BCUT2D eigenvalue weighted by Gasteiger charge is -2.21. The highest BCUT2D eigenvalue weighted by Gasteiger charge is 2.32. The molecule has 0 bridgehead atoms. The van der Waals surface area contributed by atoms with Crippen molar-refractivity contribution in [3.63, 3.8) is 0 Å². The topological polar surface area (TPSA) is 72.6 Å². The van der Waals surface area contributed by atoms with Crippen LogP contribution in [0.4, 0.5) is 0 Å². The summed E-state index contributed by atoms with van der Waals surface area (Å²) in [5.74, 6) is 0.656. The second kappa shape index (κ2) is 6.11. The van der Waals surface area contributed by atoms with Crippen molar-refractivity contribution in [1.29, 1.82) is 0 Å². The van der Waals surface area contributed by atoms with Gasteiger partial charge in [-0.15, -0.1) is 0 Å². The van der Waals surface area contributed by atoms with Crippen LogP contribution in [-0.4, -0.2) is 31.9 Å². The van der Waals surface area contributed by atoms with Crippen LogP contribution in [-0.2, 0) is 16.6 Å². The number of hydrogen-bond acceptors (Lipinski definition) is 4. The van der Waals surface area contributed by atoms with Crippen molar-refractivity contribution in [2.24, 2.45) is 5.73 Å². The van der Waals surface area contributed by atoms with Crippen molar-refractivity contribution in [3.05, 3.63) is 23.8 Å². The predicted molar refractivity (Wildman–Crippen MR) is 78.1 cm³/mol. The van der Waals surface area contributed by atoms with Gasteiger partial charge in [-0.2, -0.15) is 4.31 Å². The molecule has 1 fully saturated rings. The van der Waals surface area contributed by atoms with Crippen LogP contribution in [0.15, 0.2) is 23.1 Å². The molecule has 2 rings (SSSR count). The normalized spacial score (nSPS) is 20.2. The molecule has 1 unspecified atom stereocenters. The highest BCUT2D eigenvalue weighted by Crippen LogP contribution is 2.28. The molecule has 0 saturated carbocycles. The van der Waals surface area contributed by atoms with Gasteiger partial charge in [0.05, 0.1) is 11.5 Å². The number of ether oxygens (including phenoxy) is 1. The molecule has 2 N–H and O–H groups in total. The predicted octanol–water partition coefficient (Wildman–Crippen LogP) is 1.72. The fourth-order valence-electron chi connectivity index (χ4n) is 2.57. The first-order chi connectivity index (χ1) is 9.50. The van der Waals surface area contributed by atoms with Crippen molar-refractivity contribution in [2.75, 3.05) is 13.2 Å². The molecule has 1 aromatic carbocycles. The Morgan fingerprint density at radius 1 is 1.45 bits per heavy atom. The maximum absolute atomic E-state index is 12.6. The second-order valence-corrected chi connectivity index (χ2v) is 6.90. The van der Waals surface area contributed by atoms with Crippen LogP contribution >= 0.6 is 0 Å². The van der Waals surface area contributed by atoms with Gasteiger partial charge in [0, 0.05) is 24.7 Å². The third-order valence-corrected chi connectivity index (χ3v) is 5.66. The summed E-state index contributed by atoms with van der Waals surface area (Å²) in [6.45, 7) is 5.21. The van der Waals surface area contributed by atoms with Crippen LogP contribution in [0, 0.1) is 0 Å². The first kappa shape index (κ1) is 15.3. The van der Waals surface area contributed by atoms with E-state index >= 15 is 0 Å². The largest absolute Gasteiger partial charge is 0.494 e. The number of benzene rings is 1. The van der Waals surface area contributed by atoms with E-state index in [4.69, 9.17) is 10.5 Å². The van der Waals surface area contributed by atoms with Crippen LogP contribution in [0.5, 0.6) is 5.75 Å². The molecule has 1 aliphatic rings. The van der Waals surface area contributed by atoms with Gasteiger partial charge in [0.15, 0.2) is 0 Å². The minimum absolute atomic E-state index is 0.0629. The first-order valence-electron chi connectivity index (χ1n) is 6.98. The van der Waals surface area contributed by atoms with E-state index in [1.165, 1.54) is 0 Å². The fraction of sp³-hybridized carbons (Fsp3) is 0.571. The highest BCUT2D eigenvalue weighted by molar-refractivity contribution is 7.89. The smallest absolute Gasteiger partial charge is 0.243 e. The molecule has 0 aliphatic carbocycles. The van der Waals surface area contributed by atoms with Crippen molar-refractivity contribution >= 4 is 10.0 Å². The summed E-state index contributed by atoms with van der Waals surface area (Å²) in [6, 6.07) is 4.99. The molecule has 6 heteroatoms. The summed E-state index contributed by atoms with van der Waals surface area (Å²) in [4.78, 5) is 0.301. The van der Waals surface area contributed by atoms with E-state index in [9.17, 15) is 8.42 Å². The number of nitrogens with two attached hydrogens (primary N) is 1. The van der Waals surface area contributed by atoms with Crippen LogP contribution in [0.1, 0.15) is 32.3 Å². The number of nitrogens with zero attached hydrogens (tertiary/aromatic N) is 1. The third kappa shape index (κ3) is 2.82.